The van der Waals surface area contributed by atoms with Gasteiger partial charge in [0.25, 0.3) is 5.91 Å². The molecule has 2 amide bonds. The zero-order valence-electron chi connectivity index (χ0n) is 15.7. The number of carbonyl (C=O) groups is 3. The molecule has 0 saturated heterocycles. The van der Waals surface area contributed by atoms with Gasteiger partial charge in [-0.3, -0.25) is 14.4 Å². The van der Waals surface area contributed by atoms with E-state index in [9.17, 15) is 14.4 Å². The third-order valence-electron chi connectivity index (χ3n) is 3.93. The minimum absolute atomic E-state index is 0.0448. The number of ether oxygens (including phenoxy) is 1. The number of hydrogen-bond acceptors (Lipinski definition) is 4. The summed E-state index contributed by atoms with van der Waals surface area (Å²) >= 11 is 0. The van der Waals surface area contributed by atoms with Crippen LogP contribution in [0.5, 0.6) is 0 Å². The average molecular weight is 368 g/mol. The van der Waals surface area contributed by atoms with E-state index in [0.29, 0.717) is 11.4 Å². The van der Waals surface area contributed by atoms with Crippen LogP contribution in [-0.2, 0) is 32.0 Å². The number of nitrogens with one attached hydrogen (secondary N) is 2. The Balaban J connectivity index is 1.84. The molecular weight excluding hydrogens is 344 g/mol. The van der Waals surface area contributed by atoms with Crippen LogP contribution in [0.15, 0.2) is 48.5 Å². The summed E-state index contributed by atoms with van der Waals surface area (Å²) in [5, 5.41) is 5.39. The SMILES string of the molecule is CCc1ccc(NC(=O)[C@H](C)OC(=O)Cc2ccc(NC(C)=O)cc2)cc1. The van der Waals surface area contributed by atoms with Crippen molar-refractivity contribution in [2.45, 2.75) is 39.7 Å². The maximum Gasteiger partial charge on any atom is 0.311 e. The predicted octanol–water partition coefficient (Wildman–Crippen LogP) is 3.32. The summed E-state index contributed by atoms with van der Waals surface area (Å²) in [5.41, 5.74) is 3.23. The minimum Gasteiger partial charge on any atom is -0.452 e. The molecule has 0 fully saturated rings. The van der Waals surface area contributed by atoms with Crippen molar-refractivity contribution in [1.29, 1.82) is 0 Å². The van der Waals surface area contributed by atoms with Crippen molar-refractivity contribution in [2.75, 3.05) is 10.6 Å². The van der Waals surface area contributed by atoms with Crippen molar-refractivity contribution in [3.63, 3.8) is 0 Å². The second-order valence-corrected chi connectivity index (χ2v) is 6.23. The molecule has 2 N–H and O–H groups in total. The fourth-order valence-corrected chi connectivity index (χ4v) is 2.44. The summed E-state index contributed by atoms with van der Waals surface area (Å²) in [6, 6.07) is 14.4. The van der Waals surface area contributed by atoms with E-state index in [1.165, 1.54) is 19.4 Å². The van der Waals surface area contributed by atoms with Crippen molar-refractivity contribution in [3.05, 3.63) is 59.7 Å². The van der Waals surface area contributed by atoms with E-state index in [1.807, 2.05) is 24.3 Å². The summed E-state index contributed by atoms with van der Waals surface area (Å²) < 4.78 is 5.21. The fraction of sp³-hybridized carbons (Fsp3) is 0.286. The first-order chi connectivity index (χ1) is 12.9. The number of benzene rings is 2. The van der Waals surface area contributed by atoms with E-state index in [0.717, 1.165) is 12.0 Å². The number of rotatable bonds is 7. The van der Waals surface area contributed by atoms with Gasteiger partial charge in [-0.25, -0.2) is 0 Å². The molecule has 0 bridgehead atoms. The number of amides is 2. The Morgan fingerprint density at radius 3 is 1.93 bits per heavy atom. The van der Waals surface area contributed by atoms with Gasteiger partial charge in [-0.2, -0.15) is 0 Å². The Hall–Kier alpha value is -3.15. The second-order valence-electron chi connectivity index (χ2n) is 6.23. The van der Waals surface area contributed by atoms with E-state index in [-0.39, 0.29) is 18.2 Å². The zero-order valence-corrected chi connectivity index (χ0v) is 15.7. The van der Waals surface area contributed by atoms with Gasteiger partial charge in [0.1, 0.15) is 0 Å². The molecule has 2 aromatic carbocycles. The third-order valence-corrected chi connectivity index (χ3v) is 3.93. The molecule has 0 aliphatic carbocycles. The van der Waals surface area contributed by atoms with E-state index in [2.05, 4.69) is 17.6 Å². The molecule has 6 heteroatoms. The van der Waals surface area contributed by atoms with Gasteiger partial charge in [-0.15, -0.1) is 0 Å². The Bertz CT molecular complexity index is 798. The molecule has 27 heavy (non-hydrogen) atoms. The van der Waals surface area contributed by atoms with E-state index >= 15 is 0 Å². The summed E-state index contributed by atoms with van der Waals surface area (Å²) in [7, 11) is 0. The van der Waals surface area contributed by atoms with Crippen molar-refractivity contribution < 1.29 is 19.1 Å². The van der Waals surface area contributed by atoms with Crippen molar-refractivity contribution in [1.82, 2.24) is 0 Å². The average Bonchev–Trinajstić information content (AvgIpc) is 2.63. The molecule has 0 aliphatic rings. The molecule has 0 saturated carbocycles. The fourth-order valence-electron chi connectivity index (χ4n) is 2.44. The summed E-state index contributed by atoms with van der Waals surface area (Å²) in [4.78, 5) is 35.2. The smallest absolute Gasteiger partial charge is 0.311 e. The van der Waals surface area contributed by atoms with Crippen LogP contribution < -0.4 is 10.6 Å². The third kappa shape index (κ3) is 6.58. The van der Waals surface area contributed by atoms with Gasteiger partial charge in [-0.1, -0.05) is 31.2 Å². The second kappa shape index (κ2) is 9.52. The lowest BCUT2D eigenvalue weighted by Crippen LogP contribution is -2.30. The first kappa shape index (κ1) is 20.2. The van der Waals surface area contributed by atoms with E-state index < -0.39 is 12.1 Å². The van der Waals surface area contributed by atoms with E-state index in [4.69, 9.17) is 4.74 Å². The van der Waals surface area contributed by atoms with Crippen molar-refractivity contribution in [2.24, 2.45) is 0 Å². The molecule has 0 aromatic heterocycles. The van der Waals surface area contributed by atoms with Gasteiger partial charge < -0.3 is 15.4 Å². The summed E-state index contributed by atoms with van der Waals surface area (Å²) in [6.07, 6.45) is 0.0685. The van der Waals surface area contributed by atoms with Crippen molar-refractivity contribution >= 4 is 29.2 Å². The van der Waals surface area contributed by atoms with Crippen LogP contribution in [0.2, 0.25) is 0 Å². The molecular formula is C21H24N2O4. The predicted molar refractivity (Wildman–Crippen MR) is 104 cm³/mol. The van der Waals surface area contributed by atoms with Gasteiger partial charge in [0.2, 0.25) is 5.91 Å². The summed E-state index contributed by atoms with van der Waals surface area (Å²) in [6.45, 7) is 5.02. The van der Waals surface area contributed by atoms with Gasteiger partial charge in [-0.05, 0) is 48.7 Å². The lowest BCUT2D eigenvalue weighted by atomic mass is 10.1. The van der Waals surface area contributed by atoms with Crippen LogP contribution in [0.4, 0.5) is 11.4 Å². The van der Waals surface area contributed by atoms with E-state index in [1.54, 1.807) is 24.3 Å². The van der Waals surface area contributed by atoms with Crippen LogP contribution >= 0.6 is 0 Å². The monoisotopic (exact) mass is 368 g/mol. The van der Waals surface area contributed by atoms with Gasteiger partial charge >= 0.3 is 5.97 Å². The molecule has 0 spiro atoms. The topological polar surface area (TPSA) is 84.5 Å². The number of aryl methyl sites for hydroxylation is 1. The lowest BCUT2D eigenvalue weighted by Gasteiger charge is -2.14. The Labute approximate surface area is 158 Å². The standard InChI is InChI=1S/C21H24N2O4/c1-4-16-5-9-19(10-6-16)23-21(26)14(2)27-20(25)13-17-7-11-18(12-8-17)22-15(3)24/h5-12,14H,4,13H2,1-3H3,(H,22,24)(H,23,26)/t14-/m0/s1. The van der Waals surface area contributed by atoms with Crippen LogP contribution in [0.3, 0.4) is 0 Å². The number of anilines is 2. The van der Waals surface area contributed by atoms with Crippen LogP contribution in [0, 0.1) is 0 Å². The van der Waals surface area contributed by atoms with Crippen LogP contribution in [-0.4, -0.2) is 23.9 Å². The highest BCUT2D eigenvalue weighted by atomic mass is 16.5. The van der Waals surface area contributed by atoms with Gasteiger partial charge in [0, 0.05) is 18.3 Å². The molecule has 2 rings (SSSR count). The first-order valence-corrected chi connectivity index (χ1v) is 8.83. The summed E-state index contributed by atoms with van der Waals surface area (Å²) in [5.74, 6) is -1.04. The lowest BCUT2D eigenvalue weighted by molar-refractivity contribution is -0.152. The highest BCUT2D eigenvalue weighted by Crippen LogP contribution is 2.13. The molecule has 6 nitrogen and oxygen atoms in total. The molecule has 0 radical (unpaired) electrons. The number of hydrogen-bond donors (Lipinski definition) is 2. The Kier molecular flexibility index (Phi) is 7.11. The quantitative estimate of drug-likeness (QED) is 0.734. The van der Waals surface area contributed by atoms with Crippen LogP contribution in [0.25, 0.3) is 0 Å². The van der Waals surface area contributed by atoms with Gasteiger partial charge in [0.05, 0.1) is 6.42 Å². The maximum atomic E-state index is 12.2. The highest BCUT2D eigenvalue weighted by molar-refractivity contribution is 5.95. The minimum atomic E-state index is -0.901. The molecule has 2 aromatic rings. The molecule has 0 aliphatic heterocycles. The molecule has 0 heterocycles. The Morgan fingerprint density at radius 2 is 1.41 bits per heavy atom. The van der Waals surface area contributed by atoms with Gasteiger partial charge in [0.15, 0.2) is 6.10 Å². The maximum absolute atomic E-state index is 12.2. The molecule has 142 valence electrons. The Morgan fingerprint density at radius 1 is 0.889 bits per heavy atom. The number of esters is 1. The normalized spacial score (nSPS) is 11.4. The first-order valence-electron chi connectivity index (χ1n) is 8.83. The van der Waals surface area contributed by atoms with Crippen LogP contribution in [0.1, 0.15) is 31.9 Å². The number of carbonyl (C=O) groups excluding carboxylic acids is 3. The largest absolute Gasteiger partial charge is 0.452 e. The zero-order chi connectivity index (χ0) is 19.8. The molecule has 1 atom stereocenters. The highest BCUT2D eigenvalue weighted by Gasteiger charge is 2.18. The molecule has 0 unspecified atom stereocenters. The van der Waals surface area contributed by atoms with Crippen molar-refractivity contribution in [3.8, 4) is 0 Å².